The molecule has 94 valence electrons. The number of nitrogens with zero attached hydrogens (tertiary/aromatic N) is 2. The number of hydrogen-bond acceptors (Lipinski definition) is 5. The third-order valence-electron chi connectivity index (χ3n) is 3.55. The van der Waals surface area contributed by atoms with Gasteiger partial charge in [0.05, 0.1) is 6.10 Å². The SMILES string of the molecule is CNCC1CC(OCc2nc(C3CC3)no2)C1. The summed E-state index contributed by atoms with van der Waals surface area (Å²) < 4.78 is 10.9. The van der Waals surface area contributed by atoms with E-state index in [-0.39, 0.29) is 0 Å². The highest BCUT2D eigenvalue weighted by Gasteiger charge is 2.31. The summed E-state index contributed by atoms with van der Waals surface area (Å²) in [7, 11) is 1.99. The topological polar surface area (TPSA) is 60.2 Å². The normalized spacial score (nSPS) is 28.1. The van der Waals surface area contributed by atoms with Gasteiger partial charge in [0.2, 0.25) is 0 Å². The van der Waals surface area contributed by atoms with E-state index in [0.29, 0.717) is 24.5 Å². The van der Waals surface area contributed by atoms with E-state index in [9.17, 15) is 0 Å². The third kappa shape index (κ3) is 2.66. The van der Waals surface area contributed by atoms with E-state index in [4.69, 9.17) is 9.26 Å². The predicted octanol–water partition coefficient (Wildman–Crippen LogP) is 1.46. The first-order valence-electron chi connectivity index (χ1n) is 6.44. The second kappa shape index (κ2) is 4.74. The average molecular weight is 237 g/mol. The van der Waals surface area contributed by atoms with Crippen LogP contribution in [0.4, 0.5) is 0 Å². The van der Waals surface area contributed by atoms with Gasteiger partial charge in [0.15, 0.2) is 5.82 Å². The Morgan fingerprint density at radius 2 is 2.24 bits per heavy atom. The number of rotatable bonds is 6. The quantitative estimate of drug-likeness (QED) is 0.811. The van der Waals surface area contributed by atoms with E-state index < -0.39 is 0 Å². The van der Waals surface area contributed by atoms with Crippen molar-refractivity contribution in [1.82, 2.24) is 15.5 Å². The molecule has 17 heavy (non-hydrogen) atoms. The lowest BCUT2D eigenvalue weighted by Crippen LogP contribution is -2.36. The molecule has 0 aromatic carbocycles. The highest BCUT2D eigenvalue weighted by Crippen LogP contribution is 2.38. The van der Waals surface area contributed by atoms with E-state index in [2.05, 4.69) is 15.5 Å². The molecule has 2 fully saturated rings. The standard InChI is InChI=1S/C12H19N3O2/c1-13-6-8-4-10(5-8)16-7-11-14-12(15-17-11)9-2-3-9/h8-10,13H,2-7H2,1H3. The monoisotopic (exact) mass is 237 g/mol. The van der Waals surface area contributed by atoms with Crippen molar-refractivity contribution < 1.29 is 9.26 Å². The van der Waals surface area contributed by atoms with Crippen LogP contribution < -0.4 is 5.32 Å². The van der Waals surface area contributed by atoms with Crippen molar-refractivity contribution in [3.05, 3.63) is 11.7 Å². The van der Waals surface area contributed by atoms with Crippen LogP contribution in [-0.2, 0) is 11.3 Å². The summed E-state index contributed by atoms with van der Waals surface area (Å²) in [5, 5.41) is 7.16. The van der Waals surface area contributed by atoms with Crippen LogP contribution in [0.15, 0.2) is 4.52 Å². The Morgan fingerprint density at radius 3 is 2.94 bits per heavy atom. The van der Waals surface area contributed by atoms with E-state index in [1.165, 1.54) is 12.8 Å². The van der Waals surface area contributed by atoms with Crippen LogP contribution in [0.3, 0.4) is 0 Å². The molecule has 3 rings (SSSR count). The lowest BCUT2D eigenvalue weighted by atomic mass is 9.82. The zero-order chi connectivity index (χ0) is 11.7. The second-order valence-electron chi connectivity index (χ2n) is 5.15. The van der Waals surface area contributed by atoms with Gasteiger partial charge >= 0.3 is 0 Å². The second-order valence-corrected chi connectivity index (χ2v) is 5.15. The van der Waals surface area contributed by atoms with E-state index in [1.54, 1.807) is 0 Å². The Kier molecular flexibility index (Phi) is 3.11. The smallest absolute Gasteiger partial charge is 0.252 e. The number of ether oxygens (including phenoxy) is 1. The molecular formula is C12H19N3O2. The Bertz CT molecular complexity index is 370. The van der Waals surface area contributed by atoms with Crippen molar-refractivity contribution in [2.75, 3.05) is 13.6 Å². The van der Waals surface area contributed by atoms with Gasteiger partial charge in [0, 0.05) is 5.92 Å². The van der Waals surface area contributed by atoms with E-state index >= 15 is 0 Å². The summed E-state index contributed by atoms with van der Waals surface area (Å²) in [5.74, 6) is 2.82. The van der Waals surface area contributed by atoms with Crippen LogP contribution in [-0.4, -0.2) is 29.8 Å². The molecule has 0 bridgehead atoms. The van der Waals surface area contributed by atoms with Gasteiger partial charge in [-0.1, -0.05) is 5.16 Å². The fraction of sp³-hybridized carbons (Fsp3) is 0.833. The van der Waals surface area contributed by atoms with Gasteiger partial charge in [-0.3, -0.25) is 0 Å². The minimum atomic E-state index is 0.379. The molecular weight excluding hydrogens is 218 g/mol. The lowest BCUT2D eigenvalue weighted by Gasteiger charge is -2.34. The summed E-state index contributed by atoms with van der Waals surface area (Å²) in [6.07, 6.45) is 5.07. The zero-order valence-corrected chi connectivity index (χ0v) is 10.2. The molecule has 1 aromatic rings. The first kappa shape index (κ1) is 11.2. The molecule has 2 aliphatic carbocycles. The van der Waals surface area contributed by atoms with Gasteiger partial charge in [-0.05, 0) is 45.2 Å². The molecule has 0 atom stereocenters. The zero-order valence-electron chi connectivity index (χ0n) is 10.2. The van der Waals surface area contributed by atoms with E-state index in [0.717, 1.165) is 31.1 Å². The van der Waals surface area contributed by atoms with Crippen LogP contribution >= 0.6 is 0 Å². The fourth-order valence-electron chi connectivity index (χ4n) is 2.29. The number of hydrogen-bond donors (Lipinski definition) is 1. The van der Waals surface area contributed by atoms with Crippen molar-refractivity contribution in [2.24, 2.45) is 5.92 Å². The lowest BCUT2D eigenvalue weighted by molar-refractivity contribution is -0.0473. The van der Waals surface area contributed by atoms with Crippen molar-refractivity contribution in [1.29, 1.82) is 0 Å². The first-order valence-corrected chi connectivity index (χ1v) is 6.44. The molecule has 0 radical (unpaired) electrons. The third-order valence-corrected chi connectivity index (χ3v) is 3.55. The van der Waals surface area contributed by atoms with Crippen LogP contribution in [0.25, 0.3) is 0 Å². The Labute approximate surface area is 101 Å². The first-order chi connectivity index (χ1) is 8.35. The van der Waals surface area contributed by atoms with Crippen molar-refractivity contribution in [2.45, 2.75) is 44.3 Å². The molecule has 0 aliphatic heterocycles. The molecule has 0 amide bonds. The highest BCUT2D eigenvalue weighted by atomic mass is 16.5. The maximum atomic E-state index is 5.73. The molecule has 1 heterocycles. The molecule has 5 heteroatoms. The summed E-state index contributed by atoms with van der Waals surface area (Å²) in [6, 6.07) is 0. The van der Waals surface area contributed by atoms with Crippen molar-refractivity contribution >= 4 is 0 Å². The molecule has 1 N–H and O–H groups in total. The number of nitrogens with one attached hydrogen (secondary N) is 1. The summed E-state index contributed by atoms with van der Waals surface area (Å²) in [6.45, 7) is 1.56. The number of aromatic nitrogens is 2. The predicted molar refractivity (Wildman–Crippen MR) is 61.5 cm³/mol. The summed E-state index contributed by atoms with van der Waals surface area (Å²) >= 11 is 0. The van der Waals surface area contributed by atoms with Crippen molar-refractivity contribution in [3.8, 4) is 0 Å². The summed E-state index contributed by atoms with van der Waals surface area (Å²) in [4.78, 5) is 4.34. The maximum Gasteiger partial charge on any atom is 0.252 e. The van der Waals surface area contributed by atoms with Gasteiger partial charge in [0.25, 0.3) is 5.89 Å². The Hall–Kier alpha value is -0.940. The van der Waals surface area contributed by atoms with Gasteiger partial charge in [-0.25, -0.2) is 0 Å². The van der Waals surface area contributed by atoms with Crippen LogP contribution in [0.2, 0.25) is 0 Å². The van der Waals surface area contributed by atoms with Crippen LogP contribution in [0, 0.1) is 5.92 Å². The maximum absolute atomic E-state index is 5.73. The molecule has 2 aliphatic rings. The van der Waals surface area contributed by atoms with Gasteiger partial charge < -0.3 is 14.6 Å². The van der Waals surface area contributed by atoms with Gasteiger partial charge in [-0.15, -0.1) is 0 Å². The molecule has 0 unspecified atom stereocenters. The van der Waals surface area contributed by atoms with E-state index in [1.807, 2.05) is 7.05 Å². The Balaban J connectivity index is 1.39. The minimum absolute atomic E-state index is 0.379. The Morgan fingerprint density at radius 1 is 1.41 bits per heavy atom. The molecule has 0 saturated heterocycles. The largest absolute Gasteiger partial charge is 0.368 e. The van der Waals surface area contributed by atoms with Crippen molar-refractivity contribution in [3.63, 3.8) is 0 Å². The summed E-state index contributed by atoms with van der Waals surface area (Å²) in [5.41, 5.74) is 0. The minimum Gasteiger partial charge on any atom is -0.368 e. The highest BCUT2D eigenvalue weighted by molar-refractivity contribution is 5.03. The fourth-order valence-corrected chi connectivity index (χ4v) is 2.29. The van der Waals surface area contributed by atoms with Crippen LogP contribution in [0.5, 0.6) is 0 Å². The molecule has 0 spiro atoms. The molecule has 1 aromatic heterocycles. The van der Waals surface area contributed by atoms with Gasteiger partial charge in [0.1, 0.15) is 6.61 Å². The van der Waals surface area contributed by atoms with Gasteiger partial charge in [-0.2, -0.15) is 4.98 Å². The molecule has 5 nitrogen and oxygen atoms in total. The molecule has 2 saturated carbocycles. The van der Waals surface area contributed by atoms with Crippen LogP contribution in [0.1, 0.15) is 43.3 Å². The average Bonchev–Trinajstić information content (AvgIpc) is 3.02.